The summed E-state index contributed by atoms with van der Waals surface area (Å²) in [7, 11) is 0. The summed E-state index contributed by atoms with van der Waals surface area (Å²) in [5.41, 5.74) is 0.536. The number of fused-ring (bicyclic) bond motifs is 1. The quantitative estimate of drug-likeness (QED) is 0.818. The van der Waals surface area contributed by atoms with E-state index < -0.39 is 11.5 Å². The topological polar surface area (TPSA) is 99.9 Å². The van der Waals surface area contributed by atoms with Crippen LogP contribution in [0.5, 0.6) is 0 Å². The van der Waals surface area contributed by atoms with Crippen LogP contribution in [0.3, 0.4) is 0 Å². The maximum absolute atomic E-state index is 12.9. The third-order valence-corrected chi connectivity index (χ3v) is 6.59. The molecule has 2 amide bonds. The highest BCUT2D eigenvalue weighted by Gasteiger charge is 2.36. The summed E-state index contributed by atoms with van der Waals surface area (Å²) in [6.45, 7) is 3.15. The van der Waals surface area contributed by atoms with Gasteiger partial charge in [0.2, 0.25) is 11.8 Å². The summed E-state index contributed by atoms with van der Waals surface area (Å²) in [6.07, 6.45) is 6.84. The minimum absolute atomic E-state index is 0.00649. The Kier molecular flexibility index (Phi) is 5.19. The van der Waals surface area contributed by atoms with Crippen LogP contribution in [0.1, 0.15) is 60.5 Å². The van der Waals surface area contributed by atoms with E-state index in [9.17, 15) is 24.3 Å². The first-order chi connectivity index (χ1) is 13.8. The SMILES string of the molecule is CC(=O)N1CCc2c(cn(CC3CC(=O)N(C4CCCC4)C3)c(=O)c2C(=O)O)C1. The fraction of sp³-hybridized carbons (Fsp3) is 0.619. The standard InChI is InChI=1S/C21H27N3O5/c1-13(25)22-7-6-17-15(11-22)12-23(20(27)19(17)21(28)29)9-14-8-18(26)24(10-14)16-4-2-3-5-16/h12,14,16H,2-11H2,1H3,(H,28,29). The summed E-state index contributed by atoms with van der Waals surface area (Å²) in [5, 5.41) is 9.65. The van der Waals surface area contributed by atoms with E-state index in [0.29, 0.717) is 56.2 Å². The number of aromatic carboxylic acids is 1. The molecule has 3 aliphatic rings. The molecule has 1 atom stereocenters. The van der Waals surface area contributed by atoms with Crippen molar-refractivity contribution in [1.82, 2.24) is 14.4 Å². The molecular formula is C21H27N3O5. The summed E-state index contributed by atoms with van der Waals surface area (Å²) in [5.74, 6) is -1.17. The first-order valence-electron chi connectivity index (χ1n) is 10.4. The number of nitrogens with zero attached hydrogens (tertiary/aromatic N) is 3. The molecule has 0 radical (unpaired) electrons. The number of carbonyl (C=O) groups excluding carboxylic acids is 2. The molecule has 1 aromatic heterocycles. The minimum atomic E-state index is -1.23. The molecule has 1 saturated carbocycles. The van der Waals surface area contributed by atoms with Gasteiger partial charge in [0, 0.05) is 57.7 Å². The summed E-state index contributed by atoms with van der Waals surface area (Å²) >= 11 is 0. The number of pyridine rings is 1. The second-order valence-electron chi connectivity index (χ2n) is 8.52. The zero-order valence-electron chi connectivity index (χ0n) is 16.7. The van der Waals surface area contributed by atoms with Gasteiger partial charge in [-0.05, 0) is 30.4 Å². The van der Waals surface area contributed by atoms with Gasteiger partial charge < -0.3 is 19.5 Å². The van der Waals surface area contributed by atoms with Crippen molar-refractivity contribution >= 4 is 17.8 Å². The van der Waals surface area contributed by atoms with Gasteiger partial charge in [-0.15, -0.1) is 0 Å². The van der Waals surface area contributed by atoms with E-state index in [1.807, 2.05) is 4.90 Å². The Bertz CT molecular complexity index is 916. The van der Waals surface area contributed by atoms with Crippen molar-refractivity contribution in [3.63, 3.8) is 0 Å². The number of hydrogen-bond donors (Lipinski definition) is 1. The smallest absolute Gasteiger partial charge is 0.341 e. The summed E-state index contributed by atoms with van der Waals surface area (Å²) in [6, 6.07) is 0.312. The van der Waals surface area contributed by atoms with Crippen LogP contribution < -0.4 is 5.56 Å². The Hall–Kier alpha value is -2.64. The van der Waals surface area contributed by atoms with E-state index in [4.69, 9.17) is 0 Å². The lowest BCUT2D eigenvalue weighted by molar-refractivity contribution is -0.130. The number of hydrogen-bond acceptors (Lipinski definition) is 4. The lowest BCUT2D eigenvalue weighted by Gasteiger charge is -2.29. The van der Waals surface area contributed by atoms with E-state index >= 15 is 0 Å². The van der Waals surface area contributed by atoms with Gasteiger partial charge in [-0.2, -0.15) is 0 Å². The molecule has 0 spiro atoms. The van der Waals surface area contributed by atoms with Crippen molar-refractivity contribution in [1.29, 1.82) is 0 Å². The molecule has 8 heteroatoms. The lowest BCUT2D eigenvalue weighted by Crippen LogP contribution is -2.39. The van der Waals surface area contributed by atoms with E-state index in [1.54, 1.807) is 11.1 Å². The molecule has 1 aliphatic carbocycles. The second kappa shape index (κ2) is 7.65. The molecule has 1 N–H and O–H groups in total. The van der Waals surface area contributed by atoms with Crippen LogP contribution in [0.25, 0.3) is 0 Å². The molecule has 29 heavy (non-hydrogen) atoms. The molecule has 0 bridgehead atoms. The first-order valence-corrected chi connectivity index (χ1v) is 10.4. The largest absolute Gasteiger partial charge is 0.477 e. The maximum Gasteiger partial charge on any atom is 0.341 e. The Balaban J connectivity index is 1.61. The Labute approximate surface area is 169 Å². The second-order valence-corrected chi connectivity index (χ2v) is 8.52. The molecule has 1 saturated heterocycles. The molecule has 0 aromatic carbocycles. The number of aromatic nitrogens is 1. The molecule has 4 rings (SSSR count). The van der Waals surface area contributed by atoms with Crippen molar-refractivity contribution in [3.8, 4) is 0 Å². The fourth-order valence-corrected chi connectivity index (χ4v) is 5.11. The maximum atomic E-state index is 12.9. The van der Waals surface area contributed by atoms with Crippen molar-refractivity contribution in [2.45, 2.75) is 64.6 Å². The van der Waals surface area contributed by atoms with Gasteiger partial charge in [0.25, 0.3) is 5.56 Å². The van der Waals surface area contributed by atoms with Crippen molar-refractivity contribution in [3.05, 3.63) is 33.2 Å². The van der Waals surface area contributed by atoms with Crippen LogP contribution in [0.2, 0.25) is 0 Å². The average molecular weight is 401 g/mol. The van der Waals surface area contributed by atoms with Crippen LogP contribution in [-0.4, -0.2) is 56.4 Å². The first kappa shape index (κ1) is 19.7. The predicted molar refractivity (Wildman–Crippen MR) is 105 cm³/mol. The number of amides is 2. The summed E-state index contributed by atoms with van der Waals surface area (Å²) < 4.78 is 1.45. The van der Waals surface area contributed by atoms with Gasteiger partial charge in [-0.25, -0.2) is 4.79 Å². The van der Waals surface area contributed by atoms with E-state index in [0.717, 1.165) is 25.7 Å². The fourth-order valence-electron chi connectivity index (χ4n) is 5.11. The third-order valence-electron chi connectivity index (χ3n) is 6.59. The molecule has 2 fully saturated rings. The van der Waals surface area contributed by atoms with Gasteiger partial charge in [-0.3, -0.25) is 14.4 Å². The summed E-state index contributed by atoms with van der Waals surface area (Å²) in [4.78, 5) is 52.6. The number of carboxylic acids is 1. The molecule has 156 valence electrons. The predicted octanol–water partition coefficient (Wildman–Crippen LogP) is 1.24. The van der Waals surface area contributed by atoms with Gasteiger partial charge >= 0.3 is 5.97 Å². The highest BCUT2D eigenvalue weighted by atomic mass is 16.4. The van der Waals surface area contributed by atoms with Gasteiger partial charge in [0.1, 0.15) is 5.56 Å². The molecular weight excluding hydrogens is 374 g/mol. The average Bonchev–Trinajstić information content (AvgIpc) is 3.31. The molecule has 2 aliphatic heterocycles. The highest BCUT2D eigenvalue weighted by molar-refractivity contribution is 5.89. The molecule has 1 unspecified atom stereocenters. The van der Waals surface area contributed by atoms with Gasteiger partial charge in [0.05, 0.1) is 0 Å². The van der Waals surface area contributed by atoms with Crippen LogP contribution in [0, 0.1) is 5.92 Å². The number of likely N-dealkylation sites (tertiary alicyclic amines) is 1. The molecule has 3 heterocycles. The van der Waals surface area contributed by atoms with Crippen LogP contribution in [-0.2, 0) is 29.1 Å². The minimum Gasteiger partial charge on any atom is -0.477 e. The number of carbonyl (C=O) groups is 3. The molecule has 8 nitrogen and oxygen atoms in total. The van der Waals surface area contributed by atoms with Crippen molar-refractivity contribution in [2.24, 2.45) is 5.92 Å². The number of rotatable bonds is 4. The Morgan fingerprint density at radius 1 is 1.21 bits per heavy atom. The monoisotopic (exact) mass is 401 g/mol. The van der Waals surface area contributed by atoms with Gasteiger partial charge in [-0.1, -0.05) is 12.8 Å². The third kappa shape index (κ3) is 3.68. The Morgan fingerprint density at radius 3 is 2.59 bits per heavy atom. The van der Waals surface area contributed by atoms with E-state index in [1.165, 1.54) is 11.5 Å². The Morgan fingerprint density at radius 2 is 1.93 bits per heavy atom. The van der Waals surface area contributed by atoms with Crippen molar-refractivity contribution < 1.29 is 19.5 Å². The van der Waals surface area contributed by atoms with Crippen molar-refractivity contribution in [2.75, 3.05) is 13.1 Å². The van der Waals surface area contributed by atoms with Crippen LogP contribution in [0.4, 0.5) is 0 Å². The van der Waals surface area contributed by atoms with E-state index in [2.05, 4.69) is 0 Å². The zero-order chi connectivity index (χ0) is 20.7. The van der Waals surface area contributed by atoms with Gasteiger partial charge in [0.15, 0.2) is 0 Å². The highest BCUT2D eigenvalue weighted by Crippen LogP contribution is 2.30. The van der Waals surface area contributed by atoms with E-state index in [-0.39, 0.29) is 23.3 Å². The number of carboxylic acid groups (broad SMARTS) is 1. The molecule has 1 aromatic rings. The zero-order valence-corrected chi connectivity index (χ0v) is 16.7. The normalized spacial score (nSPS) is 22.2. The van der Waals surface area contributed by atoms with Crippen LogP contribution >= 0.6 is 0 Å². The lowest BCUT2D eigenvalue weighted by atomic mass is 9.96. The van der Waals surface area contributed by atoms with Crippen LogP contribution in [0.15, 0.2) is 11.0 Å².